The van der Waals surface area contributed by atoms with Gasteiger partial charge in [0, 0.05) is 34.1 Å². The van der Waals surface area contributed by atoms with Gasteiger partial charge in [0.25, 0.3) is 0 Å². The third kappa shape index (κ3) is 3.49. The predicted octanol–water partition coefficient (Wildman–Crippen LogP) is 4.83. The van der Waals surface area contributed by atoms with Crippen molar-refractivity contribution in [3.05, 3.63) is 54.1 Å². The van der Waals surface area contributed by atoms with Crippen LogP contribution in [-0.4, -0.2) is 41.8 Å². The van der Waals surface area contributed by atoms with Crippen molar-refractivity contribution in [1.82, 2.24) is 4.90 Å². The molecule has 1 saturated carbocycles. The molecule has 0 radical (unpaired) electrons. The lowest BCUT2D eigenvalue weighted by Crippen LogP contribution is -2.40. The molecule has 2 aromatic carbocycles. The van der Waals surface area contributed by atoms with Crippen molar-refractivity contribution in [3.63, 3.8) is 0 Å². The third-order valence-electron chi connectivity index (χ3n) is 5.45. The molecule has 5 heteroatoms. The number of hydrogen-bond acceptors (Lipinski definition) is 4. The van der Waals surface area contributed by atoms with E-state index in [4.69, 9.17) is 9.47 Å². The summed E-state index contributed by atoms with van der Waals surface area (Å²) in [5.74, 6) is 2.33. The topological polar surface area (TPSA) is 21.7 Å². The molecule has 0 aromatic heterocycles. The van der Waals surface area contributed by atoms with Crippen LogP contribution in [0.15, 0.2) is 53.4 Å². The van der Waals surface area contributed by atoms with Gasteiger partial charge < -0.3 is 9.47 Å². The van der Waals surface area contributed by atoms with Gasteiger partial charge >= 0.3 is 0 Å². The average molecular weight is 434 g/mol. The molecule has 1 aliphatic heterocycles. The Balaban J connectivity index is 1.49. The smallest absolute Gasteiger partial charge is 0.161 e. The third-order valence-corrected chi connectivity index (χ3v) is 8.04. The van der Waals surface area contributed by atoms with E-state index in [1.807, 2.05) is 17.8 Å². The van der Waals surface area contributed by atoms with Crippen molar-refractivity contribution in [2.75, 3.05) is 20.8 Å². The molecular weight excluding hydrogens is 410 g/mol. The lowest BCUT2D eigenvalue weighted by Gasteiger charge is -2.33. The molecule has 2 aliphatic rings. The van der Waals surface area contributed by atoms with Gasteiger partial charge in [0.1, 0.15) is 0 Å². The van der Waals surface area contributed by atoms with Gasteiger partial charge in [0.05, 0.1) is 14.2 Å². The molecular formula is C21H24BrNO2S. The summed E-state index contributed by atoms with van der Waals surface area (Å²) in [5.41, 5.74) is 1.40. The first kappa shape index (κ1) is 18.2. The molecule has 4 rings (SSSR count). The first-order valence-electron chi connectivity index (χ1n) is 9.00. The Morgan fingerprint density at radius 3 is 2.54 bits per heavy atom. The van der Waals surface area contributed by atoms with E-state index in [9.17, 15) is 0 Å². The number of likely N-dealkylation sites (tertiary alicyclic amines) is 1. The lowest BCUT2D eigenvalue weighted by molar-refractivity contribution is 0.211. The largest absolute Gasteiger partial charge is 0.493 e. The Kier molecular flexibility index (Phi) is 5.48. The summed E-state index contributed by atoms with van der Waals surface area (Å²) in [6, 6.07) is 17.6. The molecule has 2 fully saturated rings. The molecule has 2 aromatic rings. The number of nitrogens with zero attached hydrogens (tertiary/aromatic N) is 1. The van der Waals surface area contributed by atoms with Crippen LogP contribution in [0.25, 0.3) is 0 Å². The van der Waals surface area contributed by atoms with Crippen LogP contribution in [0.5, 0.6) is 11.5 Å². The Hall–Kier alpha value is -1.17. The standard InChI is InChI=1S/C21H24BrNO2S/c1-24-17-9-8-16(11-18(17)25-2)26-19-10-15-13-23(21(19)20(15)22)12-14-6-4-3-5-7-14/h3-9,11,15,19-21H,10,12-13H2,1-2H3/t15-,19-,20+,21-/m0/s1. The fourth-order valence-electron chi connectivity index (χ4n) is 4.26. The van der Waals surface area contributed by atoms with Gasteiger partial charge in [-0.2, -0.15) is 0 Å². The maximum absolute atomic E-state index is 5.47. The summed E-state index contributed by atoms with van der Waals surface area (Å²) in [6.45, 7) is 2.23. The Bertz CT molecular complexity index is 757. The van der Waals surface area contributed by atoms with E-state index in [0.29, 0.717) is 16.1 Å². The Labute approximate surface area is 168 Å². The highest BCUT2D eigenvalue weighted by Crippen LogP contribution is 2.49. The minimum absolute atomic E-state index is 0.568. The van der Waals surface area contributed by atoms with Crippen molar-refractivity contribution in [1.29, 1.82) is 0 Å². The van der Waals surface area contributed by atoms with Crippen molar-refractivity contribution >= 4 is 27.7 Å². The molecule has 0 N–H and O–H groups in total. The molecule has 4 atom stereocenters. The molecule has 3 nitrogen and oxygen atoms in total. The first-order valence-corrected chi connectivity index (χ1v) is 10.8. The zero-order valence-corrected chi connectivity index (χ0v) is 17.5. The molecule has 2 bridgehead atoms. The van der Waals surface area contributed by atoms with Gasteiger partial charge in [-0.3, -0.25) is 4.90 Å². The van der Waals surface area contributed by atoms with Gasteiger partial charge in [0.2, 0.25) is 0 Å². The number of hydrogen-bond donors (Lipinski definition) is 0. The van der Waals surface area contributed by atoms with Crippen LogP contribution in [0, 0.1) is 5.92 Å². The molecule has 1 heterocycles. The fourth-order valence-corrected chi connectivity index (χ4v) is 7.04. The van der Waals surface area contributed by atoms with Crippen LogP contribution in [-0.2, 0) is 6.54 Å². The molecule has 0 unspecified atom stereocenters. The number of thioether (sulfide) groups is 1. The van der Waals surface area contributed by atoms with E-state index in [2.05, 4.69) is 63.3 Å². The maximum atomic E-state index is 5.47. The molecule has 1 aliphatic carbocycles. The van der Waals surface area contributed by atoms with E-state index < -0.39 is 0 Å². The number of alkyl halides is 1. The second-order valence-corrected chi connectivity index (χ2v) is 9.39. The normalized spacial score (nSPS) is 27.7. The van der Waals surface area contributed by atoms with E-state index >= 15 is 0 Å². The number of methoxy groups -OCH3 is 2. The monoisotopic (exact) mass is 433 g/mol. The van der Waals surface area contributed by atoms with E-state index in [1.165, 1.54) is 23.4 Å². The van der Waals surface area contributed by atoms with Crippen molar-refractivity contribution in [3.8, 4) is 11.5 Å². The van der Waals surface area contributed by atoms with Crippen LogP contribution in [0.1, 0.15) is 12.0 Å². The molecule has 1 saturated heterocycles. The molecule has 26 heavy (non-hydrogen) atoms. The van der Waals surface area contributed by atoms with Crippen molar-refractivity contribution in [2.24, 2.45) is 5.92 Å². The summed E-state index contributed by atoms with van der Waals surface area (Å²) in [4.78, 5) is 4.49. The predicted molar refractivity (Wildman–Crippen MR) is 111 cm³/mol. The lowest BCUT2D eigenvalue weighted by atomic mass is 10.1. The minimum Gasteiger partial charge on any atom is -0.493 e. The quantitative estimate of drug-likeness (QED) is 0.607. The van der Waals surface area contributed by atoms with Crippen LogP contribution in [0.4, 0.5) is 0 Å². The number of rotatable bonds is 6. The van der Waals surface area contributed by atoms with E-state index in [0.717, 1.165) is 24.0 Å². The fraction of sp³-hybridized carbons (Fsp3) is 0.429. The maximum Gasteiger partial charge on any atom is 0.161 e. The highest BCUT2D eigenvalue weighted by molar-refractivity contribution is 9.09. The summed E-state index contributed by atoms with van der Waals surface area (Å²) in [5, 5.41) is 0.597. The molecule has 0 amide bonds. The number of fused-ring (bicyclic) bond motifs is 2. The summed E-state index contributed by atoms with van der Waals surface area (Å²) >= 11 is 5.96. The van der Waals surface area contributed by atoms with E-state index in [1.54, 1.807) is 14.2 Å². The highest BCUT2D eigenvalue weighted by Gasteiger charge is 2.51. The van der Waals surface area contributed by atoms with Gasteiger partial charge in [-0.1, -0.05) is 46.3 Å². The van der Waals surface area contributed by atoms with Crippen LogP contribution in [0.2, 0.25) is 0 Å². The number of piperidine rings is 1. The number of ether oxygens (including phenoxy) is 2. The highest BCUT2D eigenvalue weighted by atomic mass is 79.9. The first-order chi connectivity index (χ1) is 12.7. The van der Waals surface area contributed by atoms with E-state index in [-0.39, 0.29) is 0 Å². The number of halogens is 1. The summed E-state index contributed by atoms with van der Waals surface area (Å²) < 4.78 is 10.8. The second kappa shape index (κ2) is 7.83. The molecule has 0 spiro atoms. The van der Waals surface area contributed by atoms with Crippen LogP contribution in [0.3, 0.4) is 0 Å². The SMILES string of the molecule is COc1ccc(S[C@H]2C[C@H]3CN(Cc4ccccc4)[C@@H]2[C@@H]3Br)cc1OC. The second-order valence-electron chi connectivity index (χ2n) is 7.02. The van der Waals surface area contributed by atoms with Crippen LogP contribution < -0.4 is 9.47 Å². The average Bonchev–Trinajstić information content (AvgIpc) is 3.13. The van der Waals surface area contributed by atoms with Gasteiger partial charge in [-0.25, -0.2) is 0 Å². The summed E-state index contributed by atoms with van der Waals surface area (Å²) in [6.07, 6.45) is 1.27. The zero-order valence-electron chi connectivity index (χ0n) is 15.1. The Morgan fingerprint density at radius 1 is 1.08 bits per heavy atom. The van der Waals surface area contributed by atoms with Gasteiger partial charge in [0.15, 0.2) is 11.5 Å². The molecule has 138 valence electrons. The number of benzene rings is 2. The zero-order chi connectivity index (χ0) is 18.1. The van der Waals surface area contributed by atoms with Gasteiger partial charge in [-0.15, -0.1) is 11.8 Å². The Morgan fingerprint density at radius 2 is 1.85 bits per heavy atom. The van der Waals surface area contributed by atoms with Crippen molar-refractivity contribution in [2.45, 2.75) is 34.0 Å². The van der Waals surface area contributed by atoms with Crippen molar-refractivity contribution < 1.29 is 9.47 Å². The van der Waals surface area contributed by atoms with Crippen LogP contribution >= 0.6 is 27.7 Å². The summed E-state index contributed by atoms with van der Waals surface area (Å²) in [7, 11) is 3.37. The minimum atomic E-state index is 0.568. The van der Waals surface area contributed by atoms with Gasteiger partial charge in [-0.05, 0) is 36.1 Å².